The molecule has 0 saturated carbocycles. The summed E-state index contributed by atoms with van der Waals surface area (Å²) < 4.78 is 9.40. The fourth-order valence-corrected chi connectivity index (χ4v) is 5.93. The van der Waals surface area contributed by atoms with Crippen molar-refractivity contribution in [3.8, 4) is 17.0 Å². The number of nitrogens with two attached hydrogens (primary N) is 1. The van der Waals surface area contributed by atoms with Crippen LogP contribution in [0.25, 0.3) is 16.8 Å². The van der Waals surface area contributed by atoms with E-state index in [0.29, 0.717) is 0 Å². The van der Waals surface area contributed by atoms with E-state index in [1.54, 1.807) is 7.11 Å². The first-order valence-corrected chi connectivity index (χ1v) is 12.1. The molecular weight excluding hydrogens is 426 g/mol. The van der Waals surface area contributed by atoms with Crippen molar-refractivity contribution in [1.82, 2.24) is 24.4 Å². The molecule has 2 aliphatic rings. The molecule has 1 aliphatic carbocycles. The zero-order valence-corrected chi connectivity index (χ0v) is 20.0. The van der Waals surface area contributed by atoms with Crippen LogP contribution in [0, 0.1) is 12.3 Å². The summed E-state index contributed by atoms with van der Waals surface area (Å²) in [6.45, 7) is 6.84. The number of rotatable bonds is 4. The molecule has 1 fully saturated rings. The topological polar surface area (TPSA) is 86.5 Å². The largest absolute Gasteiger partial charge is 0.497 e. The zero-order chi connectivity index (χ0) is 23.4. The van der Waals surface area contributed by atoms with Gasteiger partial charge in [-0.25, -0.2) is 9.50 Å². The van der Waals surface area contributed by atoms with Crippen LogP contribution in [0.2, 0.25) is 0 Å². The van der Waals surface area contributed by atoms with Crippen molar-refractivity contribution in [3.63, 3.8) is 0 Å². The summed E-state index contributed by atoms with van der Waals surface area (Å²) in [7, 11) is 1.72. The summed E-state index contributed by atoms with van der Waals surface area (Å²) in [5.41, 5.74) is 13.6. The van der Waals surface area contributed by atoms with Gasteiger partial charge >= 0.3 is 0 Å². The van der Waals surface area contributed by atoms with Crippen LogP contribution < -0.4 is 15.4 Å². The molecular formula is C26H31N7O. The Kier molecular flexibility index (Phi) is 4.88. The Morgan fingerprint density at radius 1 is 1.18 bits per heavy atom. The van der Waals surface area contributed by atoms with E-state index >= 15 is 0 Å². The van der Waals surface area contributed by atoms with E-state index in [4.69, 9.17) is 15.5 Å². The number of piperidine rings is 1. The molecule has 3 aromatic heterocycles. The molecule has 8 heteroatoms. The minimum Gasteiger partial charge on any atom is -0.497 e. The van der Waals surface area contributed by atoms with Crippen molar-refractivity contribution in [2.24, 2.45) is 11.1 Å². The van der Waals surface area contributed by atoms with Gasteiger partial charge in [-0.15, -0.1) is 0 Å². The van der Waals surface area contributed by atoms with E-state index in [0.717, 1.165) is 72.9 Å². The van der Waals surface area contributed by atoms with Gasteiger partial charge in [0.25, 0.3) is 0 Å². The molecule has 0 unspecified atom stereocenters. The number of nitrogens with zero attached hydrogens (tertiary/aromatic N) is 6. The minimum atomic E-state index is 0.0673. The van der Waals surface area contributed by atoms with Crippen LogP contribution in [-0.4, -0.2) is 44.6 Å². The van der Waals surface area contributed by atoms with Gasteiger partial charge in [0.2, 0.25) is 0 Å². The number of ether oxygens (including phenoxy) is 1. The van der Waals surface area contributed by atoms with Gasteiger partial charge < -0.3 is 15.4 Å². The highest BCUT2D eigenvalue weighted by Gasteiger charge is 2.46. The van der Waals surface area contributed by atoms with Gasteiger partial charge in [0.15, 0.2) is 5.82 Å². The number of aryl methyl sites for hydroxylation is 2. The SMILES string of the molecule is CCn1cc(-c2c(C)nc(N3CCC4(CC3)Cc3cc(OC)ccc3[C@H]4N)c3ccnn23)cn1. The number of methoxy groups -OCH3 is 1. The maximum atomic E-state index is 6.83. The highest BCUT2D eigenvalue weighted by molar-refractivity contribution is 5.75. The molecule has 1 aromatic carbocycles. The van der Waals surface area contributed by atoms with E-state index < -0.39 is 0 Å². The van der Waals surface area contributed by atoms with Gasteiger partial charge in [0.05, 0.1) is 30.9 Å². The Balaban J connectivity index is 1.29. The van der Waals surface area contributed by atoms with Crippen LogP contribution in [0.3, 0.4) is 0 Å². The molecule has 6 rings (SSSR count). The van der Waals surface area contributed by atoms with E-state index in [2.05, 4.69) is 53.3 Å². The molecule has 4 aromatic rings. The van der Waals surface area contributed by atoms with E-state index in [1.807, 2.05) is 27.7 Å². The van der Waals surface area contributed by atoms with Crippen LogP contribution in [0.15, 0.2) is 42.9 Å². The lowest BCUT2D eigenvalue weighted by Crippen LogP contribution is -2.44. The fraction of sp³-hybridized carbons (Fsp3) is 0.423. The fourth-order valence-electron chi connectivity index (χ4n) is 5.93. The van der Waals surface area contributed by atoms with Crippen molar-refractivity contribution < 1.29 is 4.74 Å². The van der Waals surface area contributed by atoms with Crippen LogP contribution >= 0.6 is 0 Å². The first-order valence-electron chi connectivity index (χ1n) is 12.1. The first-order chi connectivity index (χ1) is 16.5. The lowest BCUT2D eigenvalue weighted by atomic mass is 9.73. The standard InChI is InChI=1S/C26H31N7O/c1-4-32-16-19(15-29-32)23-17(2)30-25(22-7-10-28-33(22)23)31-11-8-26(9-12-31)14-18-13-20(34-3)5-6-21(18)24(26)27/h5-7,10,13,15-16,24H,4,8-9,11-12,14,27H2,1-3H3/t24-/m1/s1. The number of anilines is 1. The van der Waals surface area contributed by atoms with E-state index in [9.17, 15) is 0 Å². The second kappa shape index (κ2) is 7.84. The molecule has 0 bridgehead atoms. The van der Waals surface area contributed by atoms with Crippen molar-refractivity contribution in [3.05, 3.63) is 59.7 Å². The Bertz CT molecular complexity index is 1360. The number of aromatic nitrogens is 5. The second-order valence-corrected chi connectivity index (χ2v) is 9.65. The summed E-state index contributed by atoms with van der Waals surface area (Å²) >= 11 is 0. The lowest BCUT2D eigenvalue weighted by Gasteiger charge is -2.42. The Morgan fingerprint density at radius 2 is 2.00 bits per heavy atom. The first kappa shape index (κ1) is 21.2. The third kappa shape index (κ3) is 3.12. The molecule has 2 N–H and O–H groups in total. The highest BCUT2D eigenvalue weighted by Crippen LogP contribution is 2.51. The van der Waals surface area contributed by atoms with Crippen LogP contribution in [-0.2, 0) is 13.0 Å². The molecule has 34 heavy (non-hydrogen) atoms. The zero-order valence-electron chi connectivity index (χ0n) is 20.0. The summed E-state index contributed by atoms with van der Waals surface area (Å²) in [4.78, 5) is 7.49. The molecule has 8 nitrogen and oxygen atoms in total. The number of hydrogen-bond acceptors (Lipinski definition) is 6. The lowest BCUT2D eigenvalue weighted by molar-refractivity contribution is 0.187. The van der Waals surface area contributed by atoms with Gasteiger partial charge in [-0.05, 0) is 67.9 Å². The van der Waals surface area contributed by atoms with Gasteiger partial charge in [-0.2, -0.15) is 10.2 Å². The average molecular weight is 458 g/mol. The van der Waals surface area contributed by atoms with Crippen LogP contribution in [0.5, 0.6) is 5.75 Å². The minimum absolute atomic E-state index is 0.0673. The molecule has 0 radical (unpaired) electrons. The molecule has 1 saturated heterocycles. The van der Waals surface area contributed by atoms with Gasteiger partial charge in [-0.3, -0.25) is 4.68 Å². The van der Waals surface area contributed by atoms with Gasteiger partial charge in [0, 0.05) is 37.4 Å². The van der Waals surface area contributed by atoms with Crippen molar-refractivity contribution in [2.75, 3.05) is 25.1 Å². The summed E-state index contributed by atoms with van der Waals surface area (Å²) in [6, 6.07) is 8.47. The van der Waals surface area contributed by atoms with Gasteiger partial charge in [-0.1, -0.05) is 6.07 Å². The molecule has 1 spiro atoms. The Hall–Kier alpha value is -3.39. The smallest absolute Gasteiger partial charge is 0.155 e. The summed E-state index contributed by atoms with van der Waals surface area (Å²) in [5.74, 6) is 1.91. The predicted octanol–water partition coefficient (Wildman–Crippen LogP) is 3.77. The quantitative estimate of drug-likeness (QED) is 0.502. The Morgan fingerprint density at radius 3 is 2.74 bits per heavy atom. The van der Waals surface area contributed by atoms with Crippen molar-refractivity contribution in [2.45, 2.75) is 45.7 Å². The third-order valence-corrected chi connectivity index (χ3v) is 7.88. The normalized spacial score (nSPS) is 19.2. The molecule has 0 amide bonds. The highest BCUT2D eigenvalue weighted by atomic mass is 16.5. The maximum absolute atomic E-state index is 6.83. The Labute approximate surface area is 199 Å². The predicted molar refractivity (Wildman–Crippen MR) is 132 cm³/mol. The van der Waals surface area contributed by atoms with Crippen molar-refractivity contribution in [1.29, 1.82) is 0 Å². The second-order valence-electron chi connectivity index (χ2n) is 9.65. The molecule has 1 atom stereocenters. The van der Waals surface area contributed by atoms with Gasteiger partial charge in [0.1, 0.15) is 11.3 Å². The van der Waals surface area contributed by atoms with E-state index in [1.165, 1.54) is 11.1 Å². The van der Waals surface area contributed by atoms with Crippen LogP contribution in [0.4, 0.5) is 5.82 Å². The molecule has 1 aliphatic heterocycles. The maximum Gasteiger partial charge on any atom is 0.155 e. The number of hydrogen-bond donors (Lipinski definition) is 1. The summed E-state index contributed by atoms with van der Waals surface area (Å²) in [6.07, 6.45) is 8.91. The average Bonchev–Trinajstić information content (AvgIpc) is 3.58. The monoisotopic (exact) mass is 457 g/mol. The third-order valence-electron chi connectivity index (χ3n) is 7.88. The number of benzene rings is 1. The summed E-state index contributed by atoms with van der Waals surface area (Å²) in [5, 5.41) is 9.10. The molecule has 4 heterocycles. The van der Waals surface area contributed by atoms with Crippen molar-refractivity contribution >= 4 is 11.3 Å². The van der Waals surface area contributed by atoms with E-state index in [-0.39, 0.29) is 11.5 Å². The van der Waals surface area contributed by atoms with Crippen LogP contribution in [0.1, 0.15) is 42.6 Å². The number of fused-ring (bicyclic) bond motifs is 2. The molecule has 176 valence electrons.